The number of hydrogen-bond acceptors (Lipinski definition) is 3. The maximum absolute atomic E-state index is 12.6. The number of anilines is 2. The highest BCUT2D eigenvalue weighted by atomic mass is 79.9. The van der Waals surface area contributed by atoms with Crippen molar-refractivity contribution >= 4 is 53.3 Å². The van der Waals surface area contributed by atoms with Crippen LogP contribution in [-0.2, 0) is 10.0 Å². The predicted octanol–water partition coefficient (Wildman–Crippen LogP) is 3.62. The Kier molecular flexibility index (Phi) is 4.41. The lowest BCUT2D eigenvalue weighted by molar-refractivity contribution is 0.594. The third-order valence-electron chi connectivity index (χ3n) is 2.78. The van der Waals surface area contributed by atoms with E-state index in [2.05, 4.69) is 31.9 Å². The van der Waals surface area contributed by atoms with Crippen LogP contribution in [0.1, 0.15) is 0 Å². The SMILES string of the molecule is CN(c1ccc(Br)cc1N)S(=O)(=O)c1cccc(Br)c1. The van der Waals surface area contributed by atoms with E-state index in [0.29, 0.717) is 15.8 Å². The van der Waals surface area contributed by atoms with Crippen molar-refractivity contribution in [2.45, 2.75) is 4.90 Å². The average Bonchev–Trinajstić information content (AvgIpc) is 2.38. The van der Waals surface area contributed by atoms with Gasteiger partial charge >= 0.3 is 0 Å². The molecule has 0 spiro atoms. The van der Waals surface area contributed by atoms with Gasteiger partial charge in [-0.25, -0.2) is 8.42 Å². The molecule has 0 aliphatic carbocycles. The Balaban J connectivity index is 2.49. The molecule has 0 heterocycles. The van der Waals surface area contributed by atoms with Crippen molar-refractivity contribution in [2.24, 2.45) is 0 Å². The first-order valence-electron chi connectivity index (χ1n) is 5.62. The molecule has 4 nitrogen and oxygen atoms in total. The number of rotatable bonds is 3. The van der Waals surface area contributed by atoms with Crippen LogP contribution in [0.3, 0.4) is 0 Å². The van der Waals surface area contributed by atoms with Gasteiger partial charge in [0.25, 0.3) is 10.0 Å². The van der Waals surface area contributed by atoms with Crippen molar-refractivity contribution in [1.82, 2.24) is 0 Å². The minimum atomic E-state index is -3.64. The van der Waals surface area contributed by atoms with Crippen LogP contribution < -0.4 is 10.0 Å². The van der Waals surface area contributed by atoms with E-state index >= 15 is 0 Å². The van der Waals surface area contributed by atoms with Gasteiger partial charge in [0.2, 0.25) is 0 Å². The Bertz CT molecular complexity index is 748. The van der Waals surface area contributed by atoms with Gasteiger partial charge in [-0.15, -0.1) is 0 Å². The van der Waals surface area contributed by atoms with Gasteiger partial charge in [0, 0.05) is 16.0 Å². The minimum absolute atomic E-state index is 0.205. The van der Waals surface area contributed by atoms with Crippen molar-refractivity contribution in [1.29, 1.82) is 0 Å². The highest BCUT2D eigenvalue weighted by molar-refractivity contribution is 9.10. The summed E-state index contributed by atoms with van der Waals surface area (Å²) in [6.07, 6.45) is 0. The lowest BCUT2D eigenvalue weighted by Gasteiger charge is -2.21. The fourth-order valence-corrected chi connectivity index (χ4v) is 3.92. The fourth-order valence-electron chi connectivity index (χ4n) is 1.73. The van der Waals surface area contributed by atoms with Crippen molar-refractivity contribution in [2.75, 3.05) is 17.1 Å². The predicted molar refractivity (Wildman–Crippen MR) is 88.3 cm³/mol. The van der Waals surface area contributed by atoms with Gasteiger partial charge in [0.15, 0.2) is 0 Å². The van der Waals surface area contributed by atoms with Crippen LogP contribution >= 0.6 is 31.9 Å². The molecular formula is C13H12Br2N2O2S. The molecule has 2 aromatic rings. The number of nitrogens with two attached hydrogens (primary N) is 1. The zero-order valence-electron chi connectivity index (χ0n) is 10.5. The summed E-state index contributed by atoms with van der Waals surface area (Å²) in [5.41, 5.74) is 6.71. The van der Waals surface area contributed by atoms with Crippen molar-refractivity contribution < 1.29 is 8.42 Å². The van der Waals surface area contributed by atoms with Gasteiger partial charge in [-0.3, -0.25) is 4.31 Å². The molecule has 0 saturated carbocycles. The molecule has 0 unspecified atom stereocenters. The Labute approximate surface area is 134 Å². The van der Waals surface area contributed by atoms with E-state index in [4.69, 9.17) is 5.73 Å². The van der Waals surface area contributed by atoms with Crippen LogP contribution in [0.2, 0.25) is 0 Å². The topological polar surface area (TPSA) is 63.4 Å². The number of halogens is 2. The lowest BCUT2D eigenvalue weighted by atomic mass is 10.3. The summed E-state index contributed by atoms with van der Waals surface area (Å²) in [7, 11) is -2.16. The highest BCUT2D eigenvalue weighted by Crippen LogP contribution is 2.30. The standard InChI is InChI=1S/C13H12Br2N2O2S/c1-17(13-6-5-10(15)8-12(13)16)20(18,19)11-4-2-3-9(14)7-11/h2-8H,16H2,1H3. The number of sulfonamides is 1. The molecule has 0 aliphatic rings. The molecule has 0 fully saturated rings. The van der Waals surface area contributed by atoms with Crippen molar-refractivity contribution in [3.8, 4) is 0 Å². The normalized spacial score (nSPS) is 11.3. The molecular weight excluding hydrogens is 408 g/mol. The Morgan fingerprint density at radius 3 is 2.30 bits per heavy atom. The van der Waals surface area contributed by atoms with Gasteiger partial charge in [-0.1, -0.05) is 37.9 Å². The van der Waals surface area contributed by atoms with E-state index < -0.39 is 10.0 Å². The van der Waals surface area contributed by atoms with Gasteiger partial charge in [0.05, 0.1) is 16.3 Å². The fraction of sp³-hybridized carbons (Fsp3) is 0.0769. The zero-order valence-corrected chi connectivity index (χ0v) is 14.5. The maximum Gasteiger partial charge on any atom is 0.264 e. The van der Waals surface area contributed by atoms with E-state index in [-0.39, 0.29) is 4.90 Å². The van der Waals surface area contributed by atoms with Crippen LogP contribution in [0.5, 0.6) is 0 Å². The van der Waals surface area contributed by atoms with E-state index in [0.717, 1.165) is 4.47 Å². The first-order chi connectivity index (χ1) is 9.32. The van der Waals surface area contributed by atoms with Crippen molar-refractivity contribution in [3.63, 3.8) is 0 Å². The first-order valence-corrected chi connectivity index (χ1v) is 8.64. The molecule has 2 aromatic carbocycles. The lowest BCUT2D eigenvalue weighted by Crippen LogP contribution is -2.27. The molecule has 0 saturated heterocycles. The minimum Gasteiger partial charge on any atom is -0.397 e. The van der Waals surface area contributed by atoms with E-state index in [1.165, 1.54) is 11.4 Å². The molecule has 0 aromatic heterocycles. The Hall–Kier alpha value is -1.05. The number of nitrogens with zero attached hydrogens (tertiary/aromatic N) is 1. The Morgan fingerprint density at radius 1 is 1.05 bits per heavy atom. The summed E-state index contributed by atoms with van der Waals surface area (Å²) >= 11 is 6.57. The molecule has 20 heavy (non-hydrogen) atoms. The maximum atomic E-state index is 12.6. The Morgan fingerprint density at radius 2 is 1.70 bits per heavy atom. The largest absolute Gasteiger partial charge is 0.397 e. The third-order valence-corrected chi connectivity index (χ3v) is 5.54. The smallest absolute Gasteiger partial charge is 0.264 e. The quantitative estimate of drug-likeness (QED) is 0.772. The third kappa shape index (κ3) is 2.99. The second-order valence-corrected chi connectivity index (χ2v) is 7.93. The average molecular weight is 420 g/mol. The molecule has 0 aliphatic heterocycles. The number of hydrogen-bond donors (Lipinski definition) is 1. The second kappa shape index (κ2) is 5.75. The molecule has 0 amide bonds. The van der Waals surface area contributed by atoms with Crippen LogP contribution in [-0.4, -0.2) is 15.5 Å². The van der Waals surface area contributed by atoms with Crippen LogP contribution in [0.15, 0.2) is 56.3 Å². The van der Waals surface area contributed by atoms with E-state index in [1.54, 1.807) is 42.5 Å². The summed E-state index contributed by atoms with van der Waals surface area (Å²) in [5.74, 6) is 0. The second-order valence-electron chi connectivity index (χ2n) is 4.13. The summed E-state index contributed by atoms with van der Waals surface area (Å²) in [5, 5.41) is 0. The number of benzene rings is 2. The molecule has 2 rings (SSSR count). The first kappa shape index (κ1) is 15.3. The molecule has 7 heteroatoms. The zero-order chi connectivity index (χ0) is 14.9. The summed E-state index contributed by atoms with van der Waals surface area (Å²) in [4.78, 5) is 0.205. The molecule has 0 bridgehead atoms. The summed E-state index contributed by atoms with van der Waals surface area (Å²) < 4.78 is 27.8. The summed E-state index contributed by atoms with van der Waals surface area (Å²) in [6, 6.07) is 11.6. The van der Waals surface area contributed by atoms with Crippen LogP contribution in [0, 0.1) is 0 Å². The number of nitrogen functional groups attached to an aromatic ring is 1. The van der Waals surface area contributed by atoms with Gasteiger partial charge in [-0.05, 0) is 36.4 Å². The van der Waals surface area contributed by atoms with Crippen LogP contribution in [0.25, 0.3) is 0 Å². The van der Waals surface area contributed by atoms with E-state index in [9.17, 15) is 8.42 Å². The van der Waals surface area contributed by atoms with Crippen LogP contribution in [0.4, 0.5) is 11.4 Å². The van der Waals surface area contributed by atoms with E-state index in [1.807, 2.05) is 0 Å². The van der Waals surface area contributed by atoms with Gasteiger partial charge in [-0.2, -0.15) is 0 Å². The van der Waals surface area contributed by atoms with Crippen molar-refractivity contribution in [3.05, 3.63) is 51.4 Å². The monoisotopic (exact) mass is 418 g/mol. The molecule has 0 radical (unpaired) electrons. The molecule has 106 valence electrons. The van der Waals surface area contributed by atoms with Gasteiger partial charge < -0.3 is 5.73 Å². The van der Waals surface area contributed by atoms with Gasteiger partial charge in [0.1, 0.15) is 0 Å². The molecule has 0 atom stereocenters. The molecule has 2 N–H and O–H groups in total. The highest BCUT2D eigenvalue weighted by Gasteiger charge is 2.22. The summed E-state index contributed by atoms with van der Waals surface area (Å²) in [6.45, 7) is 0.